The van der Waals surface area contributed by atoms with Gasteiger partial charge in [0.15, 0.2) is 5.82 Å². The molecule has 0 aliphatic carbocycles. The molecule has 1 aromatic heterocycles. The van der Waals surface area contributed by atoms with Gasteiger partial charge in [-0.1, -0.05) is 5.16 Å². The Morgan fingerprint density at radius 2 is 2.31 bits per heavy atom. The summed E-state index contributed by atoms with van der Waals surface area (Å²) in [6, 6.07) is -0.925. The third-order valence-corrected chi connectivity index (χ3v) is 3.56. The molecular weight excluding hydrogens is 230 g/mol. The summed E-state index contributed by atoms with van der Waals surface area (Å²) < 4.78 is 4.23. The van der Waals surface area contributed by atoms with Gasteiger partial charge in [-0.3, -0.25) is 4.79 Å². The largest absolute Gasteiger partial charge is 0.480 e. The number of carboxylic acids is 1. The van der Waals surface area contributed by atoms with Crippen molar-refractivity contribution in [1.82, 2.24) is 10.1 Å². The van der Waals surface area contributed by atoms with Crippen molar-refractivity contribution in [3.8, 4) is 0 Å². The smallest absolute Gasteiger partial charge is 0.321 e. The van der Waals surface area contributed by atoms with Gasteiger partial charge in [0.25, 0.3) is 0 Å². The van der Waals surface area contributed by atoms with Crippen LogP contribution in [0.25, 0.3) is 0 Å². The predicted octanol–water partition coefficient (Wildman–Crippen LogP) is 0.802. The van der Waals surface area contributed by atoms with Gasteiger partial charge in [-0.2, -0.15) is 4.98 Å². The van der Waals surface area contributed by atoms with E-state index in [-0.39, 0.29) is 0 Å². The van der Waals surface area contributed by atoms with Gasteiger partial charge in [0.2, 0.25) is 5.89 Å². The van der Waals surface area contributed by atoms with E-state index in [1.807, 2.05) is 0 Å². The first-order valence-electron chi connectivity index (χ1n) is 4.74. The van der Waals surface area contributed by atoms with Crippen LogP contribution in [-0.2, 0) is 10.5 Å². The molecular formula is C9H15N3O3S. The van der Waals surface area contributed by atoms with Crippen molar-refractivity contribution in [2.75, 3.05) is 0 Å². The molecule has 0 saturated heterocycles. The number of aliphatic carboxylic acids is 1. The molecule has 0 bridgehead atoms. The Morgan fingerprint density at radius 1 is 1.69 bits per heavy atom. The monoisotopic (exact) mass is 245 g/mol. The van der Waals surface area contributed by atoms with Gasteiger partial charge >= 0.3 is 5.97 Å². The molecule has 0 radical (unpaired) electrons. The summed E-state index contributed by atoms with van der Waals surface area (Å²) in [4.78, 5) is 14.8. The number of aryl methyl sites for hydroxylation is 1. The molecule has 0 aromatic carbocycles. The highest BCUT2D eigenvalue weighted by Gasteiger charge is 2.32. The first-order chi connectivity index (χ1) is 7.33. The number of nitrogens with two attached hydrogens (primary N) is 1. The summed E-state index contributed by atoms with van der Waals surface area (Å²) in [5, 5.41) is 12.6. The predicted molar refractivity (Wildman–Crippen MR) is 60.0 cm³/mol. The van der Waals surface area contributed by atoms with Crippen LogP contribution in [0.4, 0.5) is 0 Å². The molecule has 0 amide bonds. The zero-order valence-electron chi connectivity index (χ0n) is 9.43. The number of nitrogens with zero attached hydrogens (tertiary/aromatic N) is 2. The van der Waals surface area contributed by atoms with Gasteiger partial charge in [-0.05, 0) is 13.8 Å². The van der Waals surface area contributed by atoms with Crippen LogP contribution in [0.5, 0.6) is 0 Å². The third-order valence-electron chi connectivity index (χ3n) is 2.16. The van der Waals surface area contributed by atoms with Crippen LogP contribution in [0.15, 0.2) is 4.52 Å². The maximum atomic E-state index is 10.8. The van der Waals surface area contributed by atoms with Crippen molar-refractivity contribution in [2.45, 2.75) is 37.3 Å². The van der Waals surface area contributed by atoms with Crippen molar-refractivity contribution in [3.63, 3.8) is 0 Å². The maximum absolute atomic E-state index is 10.8. The second-order valence-electron chi connectivity index (χ2n) is 3.94. The summed E-state index contributed by atoms with van der Waals surface area (Å²) >= 11 is 1.39. The van der Waals surface area contributed by atoms with E-state index in [1.165, 1.54) is 11.8 Å². The van der Waals surface area contributed by atoms with Crippen LogP contribution in [0.1, 0.15) is 25.6 Å². The first kappa shape index (κ1) is 13.0. The molecule has 16 heavy (non-hydrogen) atoms. The minimum absolute atomic E-state index is 0.478. The number of thioether (sulfide) groups is 1. The summed E-state index contributed by atoms with van der Waals surface area (Å²) in [5.74, 6) is 0.511. The summed E-state index contributed by atoms with van der Waals surface area (Å²) in [5.41, 5.74) is 5.58. The van der Waals surface area contributed by atoms with E-state index in [2.05, 4.69) is 10.1 Å². The van der Waals surface area contributed by atoms with Crippen LogP contribution in [0.2, 0.25) is 0 Å². The van der Waals surface area contributed by atoms with E-state index in [1.54, 1.807) is 20.8 Å². The standard InChI is InChI=1S/C9H15N3O3S/c1-5-11-6(12-15-5)4-16-9(2,3)7(10)8(13)14/h7H,4,10H2,1-3H3,(H,13,14)/t7-/m1/s1. The van der Waals surface area contributed by atoms with E-state index in [4.69, 9.17) is 15.4 Å². The molecule has 3 N–H and O–H groups in total. The highest BCUT2D eigenvalue weighted by Crippen LogP contribution is 2.29. The molecule has 0 unspecified atom stereocenters. The lowest BCUT2D eigenvalue weighted by Crippen LogP contribution is -2.46. The Hall–Kier alpha value is -1.08. The molecule has 1 rings (SSSR count). The molecule has 0 saturated carbocycles. The molecule has 7 heteroatoms. The van der Waals surface area contributed by atoms with E-state index in [0.717, 1.165) is 0 Å². The van der Waals surface area contributed by atoms with Crippen molar-refractivity contribution in [1.29, 1.82) is 0 Å². The van der Waals surface area contributed by atoms with Gasteiger partial charge in [-0.25, -0.2) is 0 Å². The molecule has 1 heterocycles. The Bertz CT molecular complexity index is 378. The second kappa shape index (κ2) is 4.84. The minimum atomic E-state index is -1.01. The fraction of sp³-hybridized carbons (Fsp3) is 0.667. The summed E-state index contributed by atoms with van der Waals surface area (Å²) in [7, 11) is 0. The second-order valence-corrected chi connectivity index (χ2v) is 5.57. The zero-order chi connectivity index (χ0) is 12.3. The number of aromatic nitrogens is 2. The van der Waals surface area contributed by atoms with Gasteiger partial charge < -0.3 is 15.4 Å². The van der Waals surface area contributed by atoms with E-state index in [0.29, 0.717) is 17.5 Å². The van der Waals surface area contributed by atoms with Crippen molar-refractivity contribution >= 4 is 17.7 Å². The highest BCUT2D eigenvalue weighted by molar-refractivity contribution is 7.99. The third kappa shape index (κ3) is 3.21. The number of hydrogen-bond acceptors (Lipinski definition) is 6. The Kier molecular flexibility index (Phi) is 3.93. The van der Waals surface area contributed by atoms with E-state index < -0.39 is 16.8 Å². The molecule has 1 atom stereocenters. The first-order valence-corrected chi connectivity index (χ1v) is 5.73. The SMILES string of the molecule is Cc1nc(CSC(C)(C)[C@H](N)C(=O)O)no1. The van der Waals surface area contributed by atoms with E-state index >= 15 is 0 Å². The van der Waals surface area contributed by atoms with Crippen molar-refractivity contribution in [2.24, 2.45) is 5.73 Å². The molecule has 0 aliphatic rings. The highest BCUT2D eigenvalue weighted by atomic mass is 32.2. The molecule has 0 fully saturated rings. The van der Waals surface area contributed by atoms with Crippen LogP contribution in [-0.4, -0.2) is 32.0 Å². The average Bonchev–Trinajstić information content (AvgIpc) is 2.60. The molecule has 6 nitrogen and oxygen atoms in total. The Morgan fingerprint density at radius 3 is 2.75 bits per heavy atom. The fourth-order valence-corrected chi connectivity index (χ4v) is 1.94. The average molecular weight is 245 g/mol. The zero-order valence-corrected chi connectivity index (χ0v) is 10.2. The Labute approximate surface area is 97.6 Å². The fourth-order valence-electron chi connectivity index (χ4n) is 1.04. The van der Waals surface area contributed by atoms with Crippen LogP contribution >= 0.6 is 11.8 Å². The maximum Gasteiger partial charge on any atom is 0.321 e. The van der Waals surface area contributed by atoms with Gasteiger partial charge in [0.05, 0.1) is 5.75 Å². The number of rotatable bonds is 5. The topological polar surface area (TPSA) is 102 Å². The molecule has 90 valence electrons. The van der Waals surface area contributed by atoms with Gasteiger partial charge in [0.1, 0.15) is 6.04 Å². The summed E-state index contributed by atoms with van der Waals surface area (Å²) in [6.45, 7) is 5.27. The normalized spacial score (nSPS) is 13.8. The van der Waals surface area contributed by atoms with Crippen LogP contribution in [0.3, 0.4) is 0 Å². The number of carboxylic acid groups (broad SMARTS) is 1. The number of hydrogen-bond donors (Lipinski definition) is 2. The number of carbonyl (C=O) groups is 1. The lowest BCUT2D eigenvalue weighted by atomic mass is 10.1. The molecule has 0 aliphatic heterocycles. The van der Waals surface area contributed by atoms with Crippen molar-refractivity contribution < 1.29 is 14.4 Å². The van der Waals surface area contributed by atoms with Crippen LogP contribution < -0.4 is 5.73 Å². The van der Waals surface area contributed by atoms with Gasteiger partial charge in [-0.15, -0.1) is 11.8 Å². The summed E-state index contributed by atoms with van der Waals surface area (Å²) in [6.07, 6.45) is 0. The quantitative estimate of drug-likeness (QED) is 0.791. The molecule has 1 aromatic rings. The lowest BCUT2D eigenvalue weighted by Gasteiger charge is -2.27. The van der Waals surface area contributed by atoms with Gasteiger partial charge in [0, 0.05) is 11.7 Å². The molecule has 0 spiro atoms. The van der Waals surface area contributed by atoms with E-state index in [9.17, 15) is 4.79 Å². The van der Waals surface area contributed by atoms with Crippen molar-refractivity contribution in [3.05, 3.63) is 11.7 Å². The Balaban J connectivity index is 2.57. The lowest BCUT2D eigenvalue weighted by molar-refractivity contribution is -0.139. The minimum Gasteiger partial charge on any atom is -0.480 e. The van der Waals surface area contributed by atoms with Crippen LogP contribution in [0, 0.1) is 6.92 Å².